The molecule has 1 unspecified atom stereocenters. The van der Waals surface area contributed by atoms with E-state index in [1.165, 1.54) is 6.08 Å². The van der Waals surface area contributed by atoms with Crippen LogP contribution < -0.4 is 5.32 Å². The zero-order valence-corrected chi connectivity index (χ0v) is 13.6. The van der Waals surface area contributed by atoms with Crippen molar-refractivity contribution in [3.05, 3.63) is 64.5 Å². The van der Waals surface area contributed by atoms with Gasteiger partial charge in [0.1, 0.15) is 0 Å². The summed E-state index contributed by atoms with van der Waals surface area (Å²) in [6, 6.07) is 11.8. The molecule has 118 valence electrons. The Hall–Kier alpha value is -2.37. The minimum absolute atomic E-state index is 0.182. The molecule has 23 heavy (non-hydrogen) atoms. The lowest BCUT2D eigenvalue weighted by Crippen LogP contribution is -2.26. The Morgan fingerprint density at radius 1 is 1.35 bits per heavy atom. The molecular weight excluding hydrogens is 308 g/mol. The summed E-state index contributed by atoms with van der Waals surface area (Å²) < 4.78 is 1.98. The SMILES string of the molecule is Cn1cc(C(O)CNC(=O)C=Cc2cccs2)c2ccccc21. The summed E-state index contributed by atoms with van der Waals surface area (Å²) in [6.45, 7) is 0.182. The lowest BCUT2D eigenvalue weighted by Gasteiger charge is -2.10. The second-order valence-electron chi connectivity index (χ2n) is 5.32. The van der Waals surface area contributed by atoms with Gasteiger partial charge in [0.2, 0.25) is 5.91 Å². The Balaban J connectivity index is 1.64. The van der Waals surface area contributed by atoms with E-state index in [0.29, 0.717) is 0 Å². The number of rotatable bonds is 5. The maximum Gasteiger partial charge on any atom is 0.244 e. The standard InChI is InChI=1S/C18H18N2O2S/c1-20-12-15(14-6-2-3-7-16(14)20)17(21)11-19-18(22)9-8-13-5-4-10-23-13/h2-10,12,17,21H,11H2,1H3,(H,19,22). The monoisotopic (exact) mass is 326 g/mol. The van der Waals surface area contributed by atoms with Crippen molar-refractivity contribution in [1.82, 2.24) is 9.88 Å². The lowest BCUT2D eigenvalue weighted by molar-refractivity contribution is -0.116. The van der Waals surface area contributed by atoms with Gasteiger partial charge in [0.25, 0.3) is 0 Å². The zero-order valence-electron chi connectivity index (χ0n) is 12.8. The summed E-state index contributed by atoms with van der Waals surface area (Å²) in [7, 11) is 1.95. The van der Waals surface area contributed by atoms with Crippen LogP contribution in [0.1, 0.15) is 16.5 Å². The number of carbonyl (C=O) groups is 1. The summed E-state index contributed by atoms with van der Waals surface area (Å²) in [4.78, 5) is 12.9. The van der Waals surface area contributed by atoms with Gasteiger partial charge in [-0.3, -0.25) is 4.79 Å². The van der Waals surface area contributed by atoms with Crippen molar-refractivity contribution in [2.45, 2.75) is 6.10 Å². The highest BCUT2D eigenvalue weighted by molar-refractivity contribution is 7.10. The topological polar surface area (TPSA) is 54.3 Å². The molecule has 2 heterocycles. The molecule has 0 saturated heterocycles. The molecule has 0 saturated carbocycles. The molecule has 4 nitrogen and oxygen atoms in total. The molecule has 3 rings (SSSR count). The van der Waals surface area contributed by atoms with E-state index >= 15 is 0 Å². The predicted molar refractivity (Wildman–Crippen MR) is 94.2 cm³/mol. The molecule has 2 aromatic heterocycles. The highest BCUT2D eigenvalue weighted by Crippen LogP contribution is 2.25. The van der Waals surface area contributed by atoms with Gasteiger partial charge in [0, 0.05) is 47.2 Å². The van der Waals surface area contributed by atoms with E-state index in [4.69, 9.17) is 0 Å². The molecule has 0 bridgehead atoms. The quantitative estimate of drug-likeness (QED) is 0.708. The third-order valence-corrected chi connectivity index (χ3v) is 4.54. The second-order valence-corrected chi connectivity index (χ2v) is 6.30. The van der Waals surface area contributed by atoms with Crippen molar-refractivity contribution in [3.63, 3.8) is 0 Å². The number of aliphatic hydroxyl groups is 1. The van der Waals surface area contributed by atoms with E-state index in [2.05, 4.69) is 5.32 Å². The number of thiophene rings is 1. The van der Waals surface area contributed by atoms with Gasteiger partial charge in [0.05, 0.1) is 6.10 Å². The van der Waals surface area contributed by atoms with Gasteiger partial charge >= 0.3 is 0 Å². The van der Waals surface area contributed by atoms with Crippen molar-refractivity contribution in [2.75, 3.05) is 6.54 Å². The van der Waals surface area contributed by atoms with Gasteiger partial charge in [-0.15, -0.1) is 11.3 Å². The fourth-order valence-corrected chi connectivity index (χ4v) is 3.17. The number of aryl methyl sites for hydroxylation is 1. The van der Waals surface area contributed by atoms with Crippen molar-refractivity contribution in [2.24, 2.45) is 7.05 Å². The van der Waals surface area contributed by atoms with Crippen LogP contribution in [-0.4, -0.2) is 22.1 Å². The van der Waals surface area contributed by atoms with Crippen LogP contribution in [0.5, 0.6) is 0 Å². The third kappa shape index (κ3) is 3.52. The summed E-state index contributed by atoms with van der Waals surface area (Å²) in [5.41, 5.74) is 1.89. The Morgan fingerprint density at radius 2 is 2.17 bits per heavy atom. The largest absolute Gasteiger partial charge is 0.386 e. The normalized spacial score (nSPS) is 12.8. The zero-order chi connectivity index (χ0) is 16.2. The molecule has 1 amide bonds. The Kier molecular flexibility index (Phi) is 4.60. The molecule has 1 aromatic carbocycles. The number of nitrogens with zero attached hydrogens (tertiary/aromatic N) is 1. The fourth-order valence-electron chi connectivity index (χ4n) is 2.55. The Bertz CT molecular complexity index is 834. The molecule has 0 aliphatic heterocycles. The van der Waals surface area contributed by atoms with Crippen LogP contribution in [0.2, 0.25) is 0 Å². The number of fused-ring (bicyclic) bond motifs is 1. The van der Waals surface area contributed by atoms with Crippen LogP contribution >= 0.6 is 11.3 Å². The minimum Gasteiger partial charge on any atom is -0.386 e. The number of para-hydroxylation sites is 1. The van der Waals surface area contributed by atoms with E-state index in [9.17, 15) is 9.90 Å². The number of aromatic nitrogens is 1. The second kappa shape index (κ2) is 6.81. The number of benzene rings is 1. The first-order valence-corrected chi connectivity index (χ1v) is 8.24. The van der Waals surface area contributed by atoms with Gasteiger partial charge < -0.3 is 15.0 Å². The number of amides is 1. The molecule has 1 atom stereocenters. The number of hydrogen-bond acceptors (Lipinski definition) is 3. The van der Waals surface area contributed by atoms with Crippen LogP contribution in [0.4, 0.5) is 0 Å². The van der Waals surface area contributed by atoms with E-state index < -0.39 is 6.10 Å². The summed E-state index contributed by atoms with van der Waals surface area (Å²) in [5.74, 6) is -0.210. The van der Waals surface area contributed by atoms with Crippen molar-refractivity contribution in [1.29, 1.82) is 0 Å². The molecule has 0 aliphatic carbocycles. The molecule has 2 N–H and O–H groups in total. The molecule has 0 spiro atoms. The van der Waals surface area contributed by atoms with Crippen molar-refractivity contribution >= 4 is 34.2 Å². The molecule has 0 radical (unpaired) electrons. The maximum absolute atomic E-state index is 11.8. The smallest absolute Gasteiger partial charge is 0.244 e. The lowest BCUT2D eigenvalue weighted by atomic mass is 10.1. The van der Waals surface area contributed by atoms with E-state index in [1.54, 1.807) is 17.4 Å². The van der Waals surface area contributed by atoms with Crippen LogP contribution in [0.25, 0.3) is 17.0 Å². The molecular formula is C18H18N2O2S. The summed E-state index contributed by atoms with van der Waals surface area (Å²) in [5, 5.41) is 16.1. The Morgan fingerprint density at radius 3 is 2.96 bits per heavy atom. The van der Waals surface area contributed by atoms with Gasteiger partial charge in [-0.1, -0.05) is 24.3 Å². The minimum atomic E-state index is -0.736. The number of nitrogens with one attached hydrogen (secondary N) is 1. The van der Waals surface area contributed by atoms with Crippen LogP contribution in [0.3, 0.4) is 0 Å². The maximum atomic E-state index is 11.8. The first kappa shape index (κ1) is 15.5. The van der Waals surface area contributed by atoms with Crippen LogP contribution in [0.15, 0.2) is 54.1 Å². The summed E-state index contributed by atoms with van der Waals surface area (Å²) in [6.07, 6.45) is 4.43. The first-order valence-electron chi connectivity index (χ1n) is 7.36. The van der Waals surface area contributed by atoms with E-state index in [1.807, 2.05) is 59.6 Å². The average molecular weight is 326 g/mol. The van der Waals surface area contributed by atoms with Crippen molar-refractivity contribution < 1.29 is 9.90 Å². The van der Waals surface area contributed by atoms with Gasteiger partial charge in [-0.25, -0.2) is 0 Å². The summed E-state index contributed by atoms with van der Waals surface area (Å²) >= 11 is 1.57. The average Bonchev–Trinajstić information content (AvgIpc) is 3.19. The highest BCUT2D eigenvalue weighted by Gasteiger charge is 2.14. The highest BCUT2D eigenvalue weighted by atomic mass is 32.1. The Labute approximate surface area is 138 Å². The van der Waals surface area contributed by atoms with Gasteiger partial charge in [-0.2, -0.15) is 0 Å². The molecule has 0 fully saturated rings. The number of hydrogen-bond donors (Lipinski definition) is 2. The molecule has 3 aromatic rings. The fraction of sp³-hybridized carbons (Fsp3) is 0.167. The van der Waals surface area contributed by atoms with E-state index in [-0.39, 0.29) is 12.5 Å². The van der Waals surface area contributed by atoms with Gasteiger partial charge in [-0.05, 0) is 23.6 Å². The molecule has 5 heteroatoms. The number of aliphatic hydroxyl groups excluding tert-OH is 1. The van der Waals surface area contributed by atoms with E-state index in [0.717, 1.165) is 21.3 Å². The van der Waals surface area contributed by atoms with Crippen molar-refractivity contribution in [3.8, 4) is 0 Å². The molecule has 0 aliphatic rings. The van der Waals surface area contributed by atoms with Crippen LogP contribution in [-0.2, 0) is 11.8 Å². The number of carbonyl (C=O) groups excluding carboxylic acids is 1. The first-order chi connectivity index (χ1) is 11.1. The van der Waals surface area contributed by atoms with Gasteiger partial charge in [0.15, 0.2) is 0 Å². The third-order valence-electron chi connectivity index (χ3n) is 3.70. The predicted octanol–water partition coefficient (Wildman–Crippen LogP) is 3.10. The van der Waals surface area contributed by atoms with Crippen LogP contribution in [0, 0.1) is 0 Å².